The van der Waals surface area contributed by atoms with Gasteiger partial charge in [0.15, 0.2) is 0 Å². The van der Waals surface area contributed by atoms with Crippen LogP contribution in [0.15, 0.2) is 6.33 Å². The first-order valence-electron chi connectivity index (χ1n) is 5.08. The van der Waals surface area contributed by atoms with Gasteiger partial charge in [-0.3, -0.25) is 9.89 Å². The predicted molar refractivity (Wildman–Crippen MR) is 58.7 cm³/mol. The van der Waals surface area contributed by atoms with E-state index in [1.54, 1.807) is 4.90 Å². The summed E-state index contributed by atoms with van der Waals surface area (Å²) in [6.07, 6.45) is 2.43. The fourth-order valence-corrected chi connectivity index (χ4v) is 2.51. The summed E-state index contributed by atoms with van der Waals surface area (Å²) in [6.45, 7) is 1.37. The molecule has 0 atom stereocenters. The number of aromatic nitrogens is 3. The van der Waals surface area contributed by atoms with E-state index < -0.39 is 10.0 Å². The molecule has 0 unspecified atom stereocenters. The van der Waals surface area contributed by atoms with Gasteiger partial charge in [0.25, 0.3) is 5.91 Å². The minimum absolute atomic E-state index is 0.179. The van der Waals surface area contributed by atoms with Crippen LogP contribution in [0.2, 0.25) is 0 Å². The highest BCUT2D eigenvalue weighted by Crippen LogP contribution is 2.08. The van der Waals surface area contributed by atoms with E-state index in [1.165, 1.54) is 16.9 Å². The second-order valence-corrected chi connectivity index (χ2v) is 5.77. The fraction of sp³-hybridized carbons (Fsp3) is 0.625. The molecular formula is C8H13N5O3S. The quantitative estimate of drug-likeness (QED) is 0.698. The number of hydrogen-bond donors (Lipinski definition) is 1. The van der Waals surface area contributed by atoms with Gasteiger partial charge in [0, 0.05) is 26.2 Å². The number of hydrogen-bond acceptors (Lipinski definition) is 5. The van der Waals surface area contributed by atoms with Gasteiger partial charge in [-0.05, 0) is 0 Å². The summed E-state index contributed by atoms with van der Waals surface area (Å²) < 4.78 is 23.9. The third-order valence-electron chi connectivity index (χ3n) is 2.61. The SMILES string of the molecule is CS(=O)(=O)N1CCN(C(=O)c2ncn[nH]2)CC1. The molecule has 1 aromatic rings. The summed E-state index contributed by atoms with van der Waals surface area (Å²) in [4.78, 5) is 17.2. The topological polar surface area (TPSA) is 99.3 Å². The van der Waals surface area contributed by atoms with Gasteiger partial charge >= 0.3 is 0 Å². The van der Waals surface area contributed by atoms with E-state index in [-0.39, 0.29) is 11.7 Å². The molecule has 1 aromatic heterocycles. The number of rotatable bonds is 2. The first kappa shape index (κ1) is 12.0. The third-order valence-corrected chi connectivity index (χ3v) is 3.92. The molecule has 1 aliphatic heterocycles. The molecule has 0 aromatic carbocycles. The van der Waals surface area contributed by atoms with E-state index >= 15 is 0 Å². The smallest absolute Gasteiger partial charge is 0.291 e. The van der Waals surface area contributed by atoms with Gasteiger partial charge in [0.2, 0.25) is 15.8 Å². The van der Waals surface area contributed by atoms with Crippen molar-refractivity contribution in [1.29, 1.82) is 0 Å². The summed E-state index contributed by atoms with van der Waals surface area (Å²) in [5.41, 5.74) is 0. The van der Waals surface area contributed by atoms with Crippen molar-refractivity contribution in [3.05, 3.63) is 12.2 Å². The van der Waals surface area contributed by atoms with Crippen LogP contribution in [-0.2, 0) is 10.0 Å². The highest BCUT2D eigenvalue weighted by molar-refractivity contribution is 7.88. The Bertz CT molecular complexity index is 489. The second-order valence-electron chi connectivity index (χ2n) is 3.79. The van der Waals surface area contributed by atoms with Gasteiger partial charge in [-0.1, -0.05) is 0 Å². The van der Waals surface area contributed by atoms with Crippen molar-refractivity contribution in [1.82, 2.24) is 24.4 Å². The van der Waals surface area contributed by atoms with Crippen molar-refractivity contribution in [3.63, 3.8) is 0 Å². The standard InChI is InChI=1S/C8H13N5O3S/c1-17(15,16)13-4-2-12(3-5-13)8(14)7-9-6-10-11-7/h6H,2-5H2,1H3,(H,9,10,11). The number of aromatic amines is 1. The van der Waals surface area contributed by atoms with Crippen molar-refractivity contribution >= 4 is 15.9 Å². The Morgan fingerprint density at radius 2 is 2.00 bits per heavy atom. The molecule has 17 heavy (non-hydrogen) atoms. The van der Waals surface area contributed by atoms with Crippen LogP contribution in [0.3, 0.4) is 0 Å². The van der Waals surface area contributed by atoms with Gasteiger partial charge in [-0.25, -0.2) is 13.4 Å². The van der Waals surface area contributed by atoms with E-state index in [2.05, 4.69) is 15.2 Å². The van der Waals surface area contributed by atoms with E-state index in [1.807, 2.05) is 0 Å². The molecule has 0 radical (unpaired) electrons. The average molecular weight is 259 g/mol. The molecule has 1 amide bonds. The van der Waals surface area contributed by atoms with Gasteiger partial charge in [0.1, 0.15) is 6.33 Å². The third kappa shape index (κ3) is 2.61. The van der Waals surface area contributed by atoms with Crippen LogP contribution in [0.25, 0.3) is 0 Å². The maximum Gasteiger partial charge on any atom is 0.291 e. The van der Waals surface area contributed by atoms with E-state index in [4.69, 9.17) is 0 Å². The highest BCUT2D eigenvalue weighted by atomic mass is 32.2. The molecule has 2 rings (SSSR count). The number of nitrogens with zero attached hydrogens (tertiary/aromatic N) is 4. The Hall–Kier alpha value is -1.48. The highest BCUT2D eigenvalue weighted by Gasteiger charge is 2.27. The Kier molecular flexibility index (Phi) is 3.11. The van der Waals surface area contributed by atoms with Gasteiger partial charge in [-0.15, -0.1) is 0 Å². The zero-order valence-electron chi connectivity index (χ0n) is 9.33. The van der Waals surface area contributed by atoms with E-state index in [0.717, 1.165) is 0 Å². The first-order valence-corrected chi connectivity index (χ1v) is 6.93. The summed E-state index contributed by atoms with van der Waals surface area (Å²) in [6, 6.07) is 0. The summed E-state index contributed by atoms with van der Waals surface area (Å²) in [7, 11) is -3.17. The summed E-state index contributed by atoms with van der Waals surface area (Å²) >= 11 is 0. The molecule has 1 aliphatic rings. The number of piperazine rings is 1. The second kappa shape index (κ2) is 4.41. The monoisotopic (exact) mass is 259 g/mol. The lowest BCUT2D eigenvalue weighted by Gasteiger charge is -2.32. The fourth-order valence-electron chi connectivity index (χ4n) is 1.68. The lowest BCUT2D eigenvalue weighted by molar-refractivity contribution is 0.0686. The molecular weight excluding hydrogens is 246 g/mol. The van der Waals surface area contributed by atoms with Crippen LogP contribution in [0.4, 0.5) is 0 Å². The maximum absolute atomic E-state index is 11.8. The molecule has 0 bridgehead atoms. The lowest BCUT2D eigenvalue weighted by Crippen LogP contribution is -2.50. The number of nitrogens with one attached hydrogen (secondary N) is 1. The van der Waals surface area contributed by atoms with E-state index in [0.29, 0.717) is 26.2 Å². The normalized spacial score (nSPS) is 18.3. The molecule has 9 heteroatoms. The van der Waals surface area contributed by atoms with Crippen LogP contribution in [-0.4, -0.2) is 71.1 Å². The average Bonchev–Trinajstić information content (AvgIpc) is 2.80. The Morgan fingerprint density at radius 1 is 1.35 bits per heavy atom. The first-order chi connectivity index (χ1) is 7.98. The predicted octanol–water partition coefficient (Wildman–Crippen LogP) is -1.48. The molecule has 2 heterocycles. The number of carbonyl (C=O) groups excluding carboxylic acids is 1. The van der Waals surface area contributed by atoms with Crippen LogP contribution in [0.1, 0.15) is 10.6 Å². The zero-order chi connectivity index (χ0) is 12.5. The molecule has 1 N–H and O–H groups in total. The van der Waals surface area contributed by atoms with Crippen molar-refractivity contribution < 1.29 is 13.2 Å². The Labute approximate surface area is 98.7 Å². The molecule has 1 saturated heterocycles. The molecule has 8 nitrogen and oxygen atoms in total. The van der Waals surface area contributed by atoms with Gasteiger partial charge in [0.05, 0.1) is 6.26 Å². The van der Waals surface area contributed by atoms with Crippen LogP contribution in [0.5, 0.6) is 0 Å². The largest absolute Gasteiger partial charge is 0.333 e. The van der Waals surface area contributed by atoms with Gasteiger partial charge in [-0.2, -0.15) is 9.40 Å². The van der Waals surface area contributed by atoms with Crippen LogP contribution >= 0.6 is 0 Å². The number of carbonyl (C=O) groups is 1. The Balaban J connectivity index is 1.98. The molecule has 1 fully saturated rings. The maximum atomic E-state index is 11.8. The molecule has 0 spiro atoms. The minimum Gasteiger partial charge on any atom is -0.333 e. The molecule has 94 valence electrons. The van der Waals surface area contributed by atoms with Crippen molar-refractivity contribution in [3.8, 4) is 0 Å². The van der Waals surface area contributed by atoms with Crippen molar-refractivity contribution in [2.75, 3.05) is 32.4 Å². The number of sulfonamides is 1. The van der Waals surface area contributed by atoms with Crippen LogP contribution in [0, 0.1) is 0 Å². The minimum atomic E-state index is -3.17. The van der Waals surface area contributed by atoms with Crippen molar-refractivity contribution in [2.45, 2.75) is 0 Å². The zero-order valence-corrected chi connectivity index (χ0v) is 10.1. The molecule has 0 saturated carbocycles. The van der Waals surface area contributed by atoms with E-state index in [9.17, 15) is 13.2 Å². The summed E-state index contributed by atoms with van der Waals surface area (Å²) in [5.74, 6) is -0.0755. The van der Waals surface area contributed by atoms with Crippen molar-refractivity contribution in [2.24, 2.45) is 0 Å². The van der Waals surface area contributed by atoms with Gasteiger partial charge < -0.3 is 4.90 Å². The Morgan fingerprint density at radius 3 is 2.47 bits per heavy atom. The number of H-pyrrole nitrogens is 1. The van der Waals surface area contributed by atoms with Crippen LogP contribution < -0.4 is 0 Å². The number of amides is 1. The lowest BCUT2D eigenvalue weighted by atomic mass is 10.3. The summed E-state index contributed by atoms with van der Waals surface area (Å²) in [5, 5.41) is 6.09. The molecule has 0 aliphatic carbocycles.